The number of hydrogen-bond acceptors (Lipinski definition) is 3. The Balaban J connectivity index is 1.56. The van der Waals surface area contributed by atoms with Gasteiger partial charge in [-0.25, -0.2) is 0 Å². The maximum atomic E-state index is 11.9. The van der Waals surface area contributed by atoms with Crippen molar-refractivity contribution in [3.05, 3.63) is 53.1 Å². The van der Waals surface area contributed by atoms with Crippen LogP contribution in [-0.2, 0) is 6.54 Å². The van der Waals surface area contributed by atoms with Crippen molar-refractivity contribution in [3.8, 4) is 0 Å². The Morgan fingerprint density at radius 3 is 3.05 bits per heavy atom. The quantitative estimate of drug-likeness (QED) is 0.734. The average molecular weight is 318 g/mol. The molecule has 0 spiro atoms. The SMILES string of the molecule is Cc1occc1C(=O)NCCCn1ncc2c(Cl)cccc21. The van der Waals surface area contributed by atoms with Crippen LogP contribution in [0.1, 0.15) is 22.5 Å². The third-order valence-electron chi connectivity index (χ3n) is 3.57. The molecular formula is C16H16ClN3O2. The second-order valence-corrected chi connectivity index (χ2v) is 5.45. The molecule has 0 bridgehead atoms. The molecule has 2 heterocycles. The maximum Gasteiger partial charge on any atom is 0.254 e. The van der Waals surface area contributed by atoms with Gasteiger partial charge in [-0.3, -0.25) is 9.48 Å². The van der Waals surface area contributed by atoms with Gasteiger partial charge in [0, 0.05) is 18.5 Å². The molecule has 0 saturated heterocycles. The molecular weight excluding hydrogens is 302 g/mol. The molecule has 1 N–H and O–H groups in total. The Kier molecular flexibility index (Phi) is 4.15. The van der Waals surface area contributed by atoms with Gasteiger partial charge >= 0.3 is 0 Å². The first-order chi connectivity index (χ1) is 10.7. The second-order valence-electron chi connectivity index (χ2n) is 5.04. The first-order valence-corrected chi connectivity index (χ1v) is 7.47. The topological polar surface area (TPSA) is 60.1 Å². The molecule has 5 nitrogen and oxygen atoms in total. The fraction of sp³-hybridized carbons (Fsp3) is 0.250. The Morgan fingerprint density at radius 2 is 2.27 bits per heavy atom. The van der Waals surface area contributed by atoms with Gasteiger partial charge in [0.1, 0.15) is 5.76 Å². The van der Waals surface area contributed by atoms with Crippen molar-refractivity contribution < 1.29 is 9.21 Å². The largest absolute Gasteiger partial charge is 0.469 e. The standard InChI is InChI=1S/C16H16ClN3O2/c1-11-12(6-9-22-11)16(21)18-7-3-8-20-15-5-2-4-14(17)13(15)10-19-20/h2,4-6,9-10H,3,7-8H2,1H3,(H,18,21). The van der Waals surface area contributed by atoms with Gasteiger partial charge in [0.25, 0.3) is 5.91 Å². The number of aryl methyl sites for hydroxylation is 2. The summed E-state index contributed by atoms with van der Waals surface area (Å²) in [6.45, 7) is 3.06. The van der Waals surface area contributed by atoms with Crippen LogP contribution in [0, 0.1) is 6.92 Å². The van der Waals surface area contributed by atoms with Crippen molar-refractivity contribution in [2.45, 2.75) is 19.9 Å². The summed E-state index contributed by atoms with van der Waals surface area (Å²) >= 11 is 6.13. The summed E-state index contributed by atoms with van der Waals surface area (Å²) in [6, 6.07) is 7.42. The normalized spacial score (nSPS) is 11.0. The lowest BCUT2D eigenvalue weighted by Crippen LogP contribution is -2.25. The summed E-state index contributed by atoms with van der Waals surface area (Å²) in [5.41, 5.74) is 1.58. The number of rotatable bonds is 5. The van der Waals surface area contributed by atoms with Crippen LogP contribution in [0.15, 0.2) is 41.1 Å². The lowest BCUT2D eigenvalue weighted by Gasteiger charge is -2.06. The minimum Gasteiger partial charge on any atom is -0.469 e. The van der Waals surface area contributed by atoms with E-state index in [1.807, 2.05) is 22.9 Å². The predicted octanol–water partition coefficient (Wildman–Crippen LogP) is 3.41. The van der Waals surface area contributed by atoms with E-state index in [4.69, 9.17) is 16.0 Å². The van der Waals surface area contributed by atoms with E-state index in [1.165, 1.54) is 6.26 Å². The zero-order chi connectivity index (χ0) is 15.5. The number of furan rings is 1. The summed E-state index contributed by atoms with van der Waals surface area (Å²) in [4.78, 5) is 11.9. The second kappa shape index (κ2) is 6.23. The van der Waals surface area contributed by atoms with E-state index in [-0.39, 0.29) is 5.91 Å². The number of nitrogens with zero attached hydrogens (tertiary/aromatic N) is 2. The van der Waals surface area contributed by atoms with Crippen LogP contribution in [0.4, 0.5) is 0 Å². The number of fused-ring (bicyclic) bond motifs is 1. The third kappa shape index (κ3) is 2.85. The van der Waals surface area contributed by atoms with Gasteiger partial charge in [0.15, 0.2) is 0 Å². The zero-order valence-corrected chi connectivity index (χ0v) is 12.9. The minimum absolute atomic E-state index is 0.111. The zero-order valence-electron chi connectivity index (χ0n) is 12.2. The number of hydrogen-bond donors (Lipinski definition) is 1. The molecule has 2 aromatic heterocycles. The van der Waals surface area contributed by atoms with Crippen LogP contribution in [0.5, 0.6) is 0 Å². The Bertz CT molecular complexity index is 807. The van der Waals surface area contributed by atoms with Crippen molar-refractivity contribution in [1.82, 2.24) is 15.1 Å². The van der Waals surface area contributed by atoms with E-state index in [0.29, 0.717) is 29.4 Å². The van der Waals surface area contributed by atoms with Gasteiger partial charge in [0.2, 0.25) is 0 Å². The van der Waals surface area contributed by atoms with Gasteiger partial charge in [-0.1, -0.05) is 17.7 Å². The molecule has 6 heteroatoms. The molecule has 0 aliphatic heterocycles. The molecule has 22 heavy (non-hydrogen) atoms. The first-order valence-electron chi connectivity index (χ1n) is 7.09. The van der Waals surface area contributed by atoms with Crippen molar-refractivity contribution >= 4 is 28.4 Å². The van der Waals surface area contributed by atoms with Crippen LogP contribution in [0.2, 0.25) is 5.02 Å². The van der Waals surface area contributed by atoms with Gasteiger partial charge in [-0.05, 0) is 31.5 Å². The van der Waals surface area contributed by atoms with Gasteiger partial charge in [-0.15, -0.1) is 0 Å². The molecule has 0 unspecified atom stereocenters. The van der Waals surface area contributed by atoms with Crippen molar-refractivity contribution in [3.63, 3.8) is 0 Å². The molecule has 3 rings (SSSR count). The summed E-state index contributed by atoms with van der Waals surface area (Å²) in [5.74, 6) is 0.518. The fourth-order valence-corrected chi connectivity index (χ4v) is 2.61. The monoisotopic (exact) mass is 317 g/mol. The Morgan fingerprint density at radius 1 is 1.41 bits per heavy atom. The molecule has 0 radical (unpaired) electrons. The van der Waals surface area contributed by atoms with Gasteiger partial charge < -0.3 is 9.73 Å². The molecule has 0 atom stereocenters. The van der Waals surface area contributed by atoms with Crippen LogP contribution in [0.3, 0.4) is 0 Å². The van der Waals surface area contributed by atoms with Gasteiger partial charge in [-0.2, -0.15) is 5.10 Å². The minimum atomic E-state index is -0.111. The summed E-state index contributed by atoms with van der Waals surface area (Å²) in [5, 5.41) is 8.87. The highest BCUT2D eigenvalue weighted by Gasteiger charge is 2.10. The van der Waals surface area contributed by atoms with Crippen molar-refractivity contribution in [1.29, 1.82) is 0 Å². The molecule has 3 aromatic rings. The van der Waals surface area contributed by atoms with Gasteiger partial charge in [0.05, 0.1) is 28.6 Å². The maximum absolute atomic E-state index is 11.9. The molecule has 114 valence electrons. The van der Waals surface area contributed by atoms with Crippen molar-refractivity contribution in [2.24, 2.45) is 0 Å². The van der Waals surface area contributed by atoms with E-state index in [0.717, 1.165) is 17.3 Å². The number of halogens is 1. The number of amides is 1. The van der Waals surface area contributed by atoms with E-state index in [9.17, 15) is 4.79 Å². The number of carbonyl (C=O) groups is 1. The summed E-state index contributed by atoms with van der Waals surface area (Å²) in [6.07, 6.45) is 4.07. The molecule has 1 aromatic carbocycles. The number of benzene rings is 1. The lowest BCUT2D eigenvalue weighted by molar-refractivity contribution is 0.0951. The summed E-state index contributed by atoms with van der Waals surface area (Å²) in [7, 11) is 0. The molecule has 0 saturated carbocycles. The number of nitrogens with one attached hydrogen (secondary N) is 1. The number of carbonyl (C=O) groups excluding carboxylic acids is 1. The van der Waals surface area contributed by atoms with E-state index >= 15 is 0 Å². The van der Waals surface area contributed by atoms with Crippen LogP contribution >= 0.6 is 11.6 Å². The van der Waals surface area contributed by atoms with E-state index < -0.39 is 0 Å². The average Bonchev–Trinajstić information content (AvgIpc) is 3.11. The molecule has 0 fully saturated rings. The van der Waals surface area contributed by atoms with Crippen LogP contribution in [0.25, 0.3) is 10.9 Å². The third-order valence-corrected chi connectivity index (χ3v) is 3.90. The number of aromatic nitrogens is 2. The summed E-state index contributed by atoms with van der Waals surface area (Å²) < 4.78 is 7.02. The highest BCUT2D eigenvalue weighted by Crippen LogP contribution is 2.22. The Labute approximate surface area is 132 Å². The Hall–Kier alpha value is -2.27. The van der Waals surface area contributed by atoms with Crippen LogP contribution in [-0.4, -0.2) is 22.2 Å². The van der Waals surface area contributed by atoms with Crippen molar-refractivity contribution in [2.75, 3.05) is 6.54 Å². The molecule has 1 amide bonds. The molecule has 0 aliphatic rings. The highest BCUT2D eigenvalue weighted by atomic mass is 35.5. The lowest BCUT2D eigenvalue weighted by atomic mass is 10.2. The fourth-order valence-electron chi connectivity index (χ4n) is 2.39. The van der Waals surface area contributed by atoms with Crippen LogP contribution < -0.4 is 5.32 Å². The van der Waals surface area contributed by atoms with E-state index in [1.54, 1.807) is 19.2 Å². The first kappa shape index (κ1) is 14.7. The highest BCUT2D eigenvalue weighted by molar-refractivity contribution is 6.35. The predicted molar refractivity (Wildman–Crippen MR) is 85.1 cm³/mol. The molecule has 0 aliphatic carbocycles. The van der Waals surface area contributed by atoms with E-state index in [2.05, 4.69) is 10.4 Å². The smallest absolute Gasteiger partial charge is 0.254 e.